The fraction of sp³-hybridized carbons (Fsp3) is 0.278. The molecule has 8 heteroatoms. The maximum absolute atomic E-state index is 12.6. The summed E-state index contributed by atoms with van der Waals surface area (Å²) < 4.78 is 49.8. The van der Waals surface area contributed by atoms with E-state index < -0.39 is 11.9 Å². The van der Waals surface area contributed by atoms with Gasteiger partial charge in [0.15, 0.2) is 0 Å². The fourth-order valence-corrected chi connectivity index (χ4v) is 3.34. The topological polar surface area (TPSA) is 57.4 Å². The molecule has 0 amide bonds. The lowest BCUT2D eigenvalue weighted by Gasteiger charge is -2.26. The first-order valence-electron chi connectivity index (χ1n) is 7.93. The molecular formula is C18H16BrF3N2O2. The maximum Gasteiger partial charge on any atom is 0.433 e. The average Bonchev–Trinajstić information content (AvgIpc) is 2.62. The summed E-state index contributed by atoms with van der Waals surface area (Å²) in [4.78, 5) is 3.39. The summed E-state index contributed by atoms with van der Waals surface area (Å²) >= 11 is 3.47. The number of halogens is 4. The highest BCUT2D eigenvalue weighted by molar-refractivity contribution is 9.10. The van der Waals surface area contributed by atoms with Crippen molar-refractivity contribution in [2.75, 3.05) is 6.61 Å². The molecule has 0 spiro atoms. The van der Waals surface area contributed by atoms with Crippen LogP contribution in [0.1, 0.15) is 30.0 Å². The number of benzene rings is 1. The van der Waals surface area contributed by atoms with Crippen LogP contribution in [0.15, 0.2) is 47.2 Å². The first-order chi connectivity index (χ1) is 12.4. The Morgan fingerprint density at radius 2 is 2.12 bits per heavy atom. The van der Waals surface area contributed by atoms with Crippen LogP contribution in [0.3, 0.4) is 0 Å². The van der Waals surface area contributed by atoms with E-state index in [4.69, 9.17) is 15.2 Å². The van der Waals surface area contributed by atoms with E-state index in [-0.39, 0.29) is 11.7 Å². The molecule has 1 aliphatic rings. The molecule has 26 heavy (non-hydrogen) atoms. The van der Waals surface area contributed by atoms with E-state index in [1.165, 1.54) is 12.3 Å². The van der Waals surface area contributed by atoms with Gasteiger partial charge in [0.2, 0.25) is 0 Å². The molecule has 1 unspecified atom stereocenters. The van der Waals surface area contributed by atoms with Gasteiger partial charge in [0.25, 0.3) is 0 Å². The highest BCUT2D eigenvalue weighted by Crippen LogP contribution is 2.45. The van der Waals surface area contributed by atoms with E-state index in [1.54, 1.807) is 6.07 Å². The van der Waals surface area contributed by atoms with Crippen LogP contribution in [0.4, 0.5) is 13.2 Å². The average molecular weight is 429 g/mol. The van der Waals surface area contributed by atoms with Gasteiger partial charge in [-0.05, 0) is 64.7 Å². The third-order valence-corrected chi connectivity index (χ3v) is 4.81. The van der Waals surface area contributed by atoms with Gasteiger partial charge < -0.3 is 15.2 Å². The molecule has 1 aliphatic heterocycles. The van der Waals surface area contributed by atoms with Crippen molar-refractivity contribution < 1.29 is 22.6 Å². The summed E-state index contributed by atoms with van der Waals surface area (Å²) in [7, 11) is 0. The van der Waals surface area contributed by atoms with Gasteiger partial charge in [0.1, 0.15) is 27.4 Å². The third kappa shape index (κ3) is 3.95. The summed E-state index contributed by atoms with van der Waals surface area (Å²) in [6.45, 7) is 0.569. The number of ether oxygens (including phenoxy) is 2. The number of nitrogens with two attached hydrogens (primary N) is 1. The Bertz CT molecular complexity index is 807. The van der Waals surface area contributed by atoms with Crippen LogP contribution in [0, 0.1) is 0 Å². The van der Waals surface area contributed by atoms with E-state index in [2.05, 4.69) is 20.9 Å². The molecule has 2 heterocycles. The van der Waals surface area contributed by atoms with Crippen molar-refractivity contribution in [3.05, 3.63) is 58.5 Å². The summed E-state index contributed by atoms with van der Waals surface area (Å²) in [6, 6.07) is 5.78. The molecule has 0 radical (unpaired) electrons. The van der Waals surface area contributed by atoms with Gasteiger partial charge in [-0.15, -0.1) is 0 Å². The molecule has 0 fully saturated rings. The highest BCUT2D eigenvalue weighted by Gasteiger charge is 2.32. The second-order valence-electron chi connectivity index (χ2n) is 5.77. The van der Waals surface area contributed by atoms with Crippen molar-refractivity contribution in [3.8, 4) is 17.2 Å². The molecule has 0 saturated heterocycles. The number of rotatable bonds is 4. The van der Waals surface area contributed by atoms with Crippen molar-refractivity contribution in [2.24, 2.45) is 5.73 Å². The predicted molar refractivity (Wildman–Crippen MR) is 94.3 cm³/mol. The Hall–Kier alpha value is -2.22. The second-order valence-corrected chi connectivity index (χ2v) is 6.57. The van der Waals surface area contributed by atoms with Gasteiger partial charge in [-0.3, -0.25) is 0 Å². The van der Waals surface area contributed by atoms with Crippen LogP contribution in [-0.2, 0) is 6.18 Å². The van der Waals surface area contributed by atoms with Crippen LogP contribution in [-0.4, -0.2) is 11.6 Å². The smallest absolute Gasteiger partial charge is 0.433 e. The van der Waals surface area contributed by atoms with E-state index in [1.807, 2.05) is 12.1 Å². The lowest BCUT2D eigenvalue weighted by Crippen LogP contribution is -2.14. The fourth-order valence-electron chi connectivity index (χ4n) is 2.78. The van der Waals surface area contributed by atoms with Crippen molar-refractivity contribution >= 4 is 15.9 Å². The Morgan fingerprint density at radius 3 is 2.77 bits per heavy atom. The zero-order valence-corrected chi connectivity index (χ0v) is 15.2. The molecule has 2 N–H and O–H groups in total. The number of aromatic nitrogens is 1. The van der Waals surface area contributed by atoms with Gasteiger partial charge >= 0.3 is 6.18 Å². The second kappa shape index (κ2) is 7.57. The molecule has 1 atom stereocenters. The quantitative estimate of drug-likeness (QED) is 0.709. The summed E-state index contributed by atoms with van der Waals surface area (Å²) in [5.74, 6) is 1.62. The summed E-state index contributed by atoms with van der Waals surface area (Å²) in [5.41, 5.74) is 5.50. The third-order valence-electron chi connectivity index (χ3n) is 4.06. The predicted octanol–water partition coefficient (Wildman–Crippen LogP) is 5.38. The maximum atomic E-state index is 12.6. The standard InChI is InChI=1S/C18H16BrF3N2O2/c19-16-14(26-12-3-6-15(24-10-12)18(20,21)22)5-4-13-11(2-1-8-23)7-9-25-17(13)16/h1,3-6,8,10-11H,2,7,9,23H2. The Morgan fingerprint density at radius 1 is 1.31 bits per heavy atom. The molecule has 138 valence electrons. The molecule has 4 nitrogen and oxygen atoms in total. The minimum Gasteiger partial charge on any atom is -0.492 e. The Labute approximate surface area is 156 Å². The van der Waals surface area contributed by atoms with Crippen molar-refractivity contribution in [3.63, 3.8) is 0 Å². The zero-order valence-electron chi connectivity index (χ0n) is 13.6. The number of allylic oxidation sites excluding steroid dienone is 1. The van der Waals surface area contributed by atoms with Crippen molar-refractivity contribution in [2.45, 2.75) is 24.9 Å². The SMILES string of the molecule is NC=CCC1CCOc2c1ccc(Oc1ccc(C(F)(F)F)nc1)c2Br. The highest BCUT2D eigenvalue weighted by atomic mass is 79.9. The summed E-state index contributed by atoms with van der Waals surface area (Å²) in [6.07, 6.45) is 1.69. The minimum atomic E-state index is -4.48. The number of nitrogens with zero attached hydrogens (tertiary/aromatic N) is 1. The molecule has 0 saturated carbocycles. The van der Waals surface area contributed by atoms with Crippen LogP contribution in [0.5, 0.6) is 17.2 Å². The van der Waals surface area contributed by atoms with E-state index in [9.17, 15) is 13.2 Å². The number of alkyl halides is 3. The van der Waals surface area contributed by atoms with E-state index in [0.29, 0.717) is 22.6 Å². The molecule has 3 rings (SSSR count). The van der Waals surface area contributed by atoms with Gasteiger partial charge in [-0.25, -0.2) is 4.98 Å². The molecule has 0 aliphatic carbocycles. The number of fused-ring (bicyclic) bond motifs is 1. The van der Waals surface area contributed by atoms with Crippen molar-refractivity contribution in [1.82, 2.24) is 4.98 Å². The van der Waals surface area contributed by atoms with E-state index in [0.717, 1.165) is 30.7 Å². The largest absolute Gasteiger partial charge is 0.492 e. The van der Waals surface area contributed by atoms with Crippen LogP contribution < -0.4 is 15.2 Å². The first-order valence-corrected chi connectivity index (χ1v) is 8.72. The number of pyridine rings is 1. The van der Waals surface area contributed by atoms with Gasteiger partial charge in [-0.1, -0.05) is 12.1 Å². The van der Waals surface area contributed by atoms with E-state index >= 15 is 0 Å². The summed E-state index contributed by atoms with van der Waals surface area (Å²) in [5, 5.41) is 0. The molecular weight excluding hydrogens is 413 g/mol. The lowest BCUT2D eigenvalue weighted by atomic mass is 9.90. The molecule has 1 aromatic carbocycles. The Balaban J connectivity index is 1.84. The first kappa shape index (κ1) is 18.6. The molecule has 2 aromatic rings. The normalized spacial score (nSPS) is 17.0. The minimum absolute atomic E-state index is 0.206. The van der Waals surface area contributed by atoms with Gasteiger partial charge in [0.05, 0.1) is 12.8 Å². The van der Waals surface area contributed by atoms with Gasteiger partial charge in [-0.2, -0.15) is 13.2 Å². The monoisotopic (exact) mass is 428 g/mol. The molecule has 0 bridgehead atoms. The van der Waals surface area contributed by atoms with Crippen LogP contribution >= 0.6 is 15.9 Å². The van der Waals surface area contributed by atoms with Crippen LogP contribution in [0.2, 0.25) is 0 Å². The molecule has 1 aromatic heterocycles. The van der Waals surface area contributed by atoms with Crippen LogP contribution in [0.25, 0.3) is 0 Å². The number of hydrogen-bond donors (Lipinski definition) is 1. The lowest BCUT2D eigenvalue weighted by molar-refractivity contribution is -0.141. The zero-order chi connectivity index (χ0) is 18.7. The Kier molecular flexibility index (Phi) is 5.41. The van der Waals surface area contributed by atoms with Gasteiger partial charge in [0, 0.05) is 0 Å². The number of hydrogen-bond acceptors (Lipinski definition) is 4. The van der Waals surface area contributed by atoms with Crippen molar-refractivity contribution in [1.29, 1.82) is 0 Å².